The second kappa shape index (κ2) is 4.56. The summed E-state index contributed by atoms with van der Waals surface area (Å²) in [5.41, 5.74) is 0.528. The van der Waals surface area contributed by atoms with E-state index in [1.54, 1.807) is 18.2 Å². The lowest BCUT2D eigenvalue weighted by molar-refractivity contribution is 0.969. The highest BCUT2D eigenvalue weighted by Gasteiger charge is 2.08. The van der Waals surface area contributed by atoms with E-state index in [0.29, 0.717) is 15.7 Å². The van der Waals surface area contributed by atoms with Gasteiger partial charge < -0.3 is 0 Å². The first kappa shape index (κ1) is 11.0. The van der Waals surface area contributed by atoms with Crippen LogP contribution in [-0.4, -0.2) is 15.2 Å². The maximum atomic E-state index is 8.96. The third kappa shape index (κ3) is 2.35. The number of aromatic nitrogens is 3. The number of nitrogens with zero attached hydrogens (tertiary/aromatic N) is 3. The molecule has 1 aromatic heterocycles. The van der Waals surface area contributed by atoms with Crippen LogP contribution in [-0.2, 0) is 0 Å². The zero-order valence-corrected chi connectivity index (χ0v) is 9.93. The number of halogens is 1. The summed E-state index contributed by atoms with van der Waals surface area (Å²) in [7, 11) is 0. The molecule has 16 heavy (non-hydrogen) atoms. The molecule has 4 nitrogen and oxygen atoms in total. The van der Waals surface area contributed by atoms with Gasteiger partial charge in [-0.2, -0.15) is 5.26 Å². The molecule has 2 aromatic rings. The summed E-state index contributed by atoms with van der Waals surface area (Å²) in [4.78, 5) is 4.95. The smallest absolute Gasteiger partial charge is 0.213 e. The van der Waals surface area contributed by atoms with Gasteiger partial charge in [0.05, 0.1) is 5.56 Å². The van der Waals surface area contributed by atoms with Crippen molar-refractivity contribution in [3.8, 4) is 6.07 Å². The predicted octanol–water partition coefficient (Wildman–Crippen LogP) is 2.79. The fraction of sp³-hybridized carbons (Fsp3) is 0.100. The molecule has 0 saturated heterocycles. The molecule has 0 saturated carbocycles. The van der Waals surface area contributed by atoms with Gasteiger partial charge >= 0.3 is 0 Å². The molecule has 0 atom stereocenters. The van der Waals surface area contributed by atoms with Crippen LogP contribution in [0, 0.1) is 18.3 Å². The average molecular weight is 251 g/mol. The van der Waals surface area contributed by atoms with Crippen molar-refractivity contribution in [2.45, 2.75) is 17.0 Å². The Morgan fingerprint density at radius 1 is 1.50 bits per heavy atom. The highest BCUT2D eigenvalue weighted by Crippen LogP contribution is 2.29. The van der Waals surface area contributed by atoms with E-state index in [1.807, 2.05) is 6.92 Å². The van der Waals surface area contributed by atoms with Crippen LogP contribution in [0.1, 0.15) is 11.4 Å². The number of hydrogen-bond donors (Lipinski definition) is 1. The van der Waals surface area contributed by atoms with E-state index in [2.05, 4.69) is 21.3 Å². The van der Waals surface area contributed by atoms with Gasteiger partial charge in [0, 0.05) is 9.92 Å². The standard InChI is InChI=1S/C10H7ClN4S/c1-6-13-10(15-14-6)16-9-3-2-8(11)4-7(9)5-12/h2-4H,1H3,(H,13,14,15). The summed E-state index contributed by atoms with van der Waals surface area (Å²) < 4.78 is 0. The van der Waals surface area contributed by atoms with Gasteiger partial charge in [-0.3, -0.25) is 5.10 Å². The van der Waals surface area contributed by atoms with E-state index < -0.39 is 0 Å². The SMILES string of the molecule is Cc1nc(Sc2ccc(Cl)cc2C#N)n[nH]1. The van der Waals surface area contributed by atoms with Crippen molar-refractivity contribution in [3.63, 3.8) is 0 Å². The number of aryl methyl sites for hydroxylation is 1. The second-order valence-electron chi connectivity index (χ2n) is 3.06. The summed E-state index contributed by atoms with van der Waals surface area (Å²) in [6.07, 6.45) is 0. The number of nitriles is 1. The predicted molar refractivity (Wildman–Crippen MR) is 61.4 cm³/mol. The first-order valence-corrected chi connectivity index (χ1v) is 5.65. The van der Waals surface area contributed by atoms with Crippen molar-refractivity contribution >= 4 is 23.4 Å². The number of H-pyrrole nitrogens is 1. The van der Waals surface area contributed by atoms with Crippen LogP contribution in [0.25, 0.3) is 0 Å². The molecule has 1 aromatic carbocycles. The monoisotopic (exact) mass is 250 g/mol. The molecular formula is C10H7ClN4S. The zero-order valence-electron chi connectivity index (χ0n) is 8.36. The van der Waals surface area contributed by atoms with Gasteiger partial charge in [0.15, 0.2) is 0 Å². The fourth-order valence-electron chi connectivity index (χ4n) is 1.14. The Balaban J connectivity index is 2.31. The molecule has 0 fully saturated rings. The number of nitrogens with one attached hydrogen (secondary N) is 1. The number of benzene rings is 1. The summed E-state index contributed by atoms with van der Waals surface area (Å²) in [5, 5.41) is 16.8. The molecule has 0 bridgehead atoms. The number of hydrogen-bond acceptors (Lipinski definition) is 4. The van der Waals surface area contributed by atoms with Gasteiger partial charge in [-0.1, -0.05) is 11.6 Å². The molecule has 0 aliphatic rings. The van der Waals surface area contributed by atoms with E-state index >= 15 is 0 Å². The molecule has 0 unspecified atom stereocenters. The van der Waals surface area contributed by atoms with Crippen molar-refractivity contribution < 1.29 is 0 Å². The van der Waals surface area contributed by atoms with Crippen LogP contribution in [0.15, 0.2) is 28.3 Å². The normalized spacial score (nSPS) is 10.1. The van der Waals surface area contributed by atoms with E-state index in [0.717, 1.165) is 10.7 Å². The van der Waals surface area contributed by atoms with E-state index in [9.17, 15) is 0 Å². The highest BCUT2D eigenvalue weighted by atomic mass is 35.5. The second-order valence-corrected chi connectivity index (χ2v) is 4.50. The Kier molecular flexibility index (Phi) is 3.13. The van der Waals surface area contributed by atoms with Crippen LogP contribution in [0.5, 0.6) is 0 Å². The van der Waals surface area contributed by atoms with Crippen molar-refractivity contribution in [1.29, 1.82) is 5.26 Å². The van der Waals surface area contributed by atoms with Gasteiger partial charge in [0.25, 0.3) is 0 Å². The van der Waals surface area contributed by atoms with Crippen LogP contribution in [0.4, 0.5) is 0 Å². The molecule has 1 N–H and O–H groups in total. The summed E-state index contributed by atoms with van der Waals surface area (Å²) in [6.45, 7) is 1.82. The first-order valence-electron chi connectivity index (χ1n) is 4.45. The minimum Gasteiger partial charge on any atom is -0.262 e. The number of rotatable bonds is 2. The van der Waals surface area contributed by atoms with E-state index in [1.165, 1.54) is 11.8 Å². The van der Waals surface area contributed by atoms with Gasteiger partial charge in [-0.05, 0) is 36.9 Å². The maximum Gasteiger partial charge on any atom is 0.213 e. The van der Waals surface area contributed by atoms with Crippen molar-refractivity contribution in [1.82, 2.24) is 15.2 Å². The zero-order chi connectivity index (χ0) is 11.5. The lowest BCUT2D eigenvalue weighted by Crippen LogP contribution is -1.82. The lowest BCUT2D eigenvalue weighted by Gasteiger charge is -2.00. The van der Waals surface area contributed by atoms with Crippen LogP contribution in [0.3, 0.4) is 0 Å². The number of aromatic amines is 1. The van der Waals surface area contributed by atoms with Crippen LogP contribution in [0.2, 0.25) is 5.02 Å². The van der Waals surface area contributed by atoms with Crippen LogP contribution >= 0.6 is 23.4 Å². The van der Waals surface area contributed by atoms with Crippen molar-refractivity contribution in [3.05, 3.63) is 34.6 Å². The van der Waals surface area contributed by atoms with Crippen molar-refractivity contribution in [2.75, 3.05) is 0 Å². The first-order chi connectivity index (χ1) is 7.69. The summed E-state index contributed by atoms with van der Waals surface area (Å²) in [5.74, 6) is 0.745. The Hall–Kier alpha value is -1.51. The molecule has 80 valence electrons. The molecule has 0 radical (unpaired) electrons. The minimum atomic E-state index is 0.528. The topological polar surface area (TPSA) is 65.4 Å². The molecule has 2 rings (SSSR count). The minimum absolute atomic E-state index is 0.528. The molecule has 1 heterocycles. The summed E-state index contributed by atoms with van der Waals surface area (Å²) >= 11 is 7.14. The third-order valence-electron chi connectivity index (χ3n) is 1.84. The Morgan fingerprint density at radius 2 is 2.31 bits per heavy atom. The third-order valence-corrected chi connectivity index (χ3v) is 3.02. The van der Waals surface area contributed by atoms with E-state index in [4.69, 9.17) is 16.9 Å². The molecule has 0 amide bonds. The van der Waals surface area contributed by atoms with E-state index in [-0.39, 0.29) is 0 Å². The Bertz CT molecular complexity index is 558. The van der Waals surface area contributed by atoms with Gasteiger partial charge in [-0.15, -0.1) is 5.10 Å². The Morgan fingerprint density at radius 3 is 2.94 bits per heavy atom. The molecule has 0 spiro atoms. The highest BCUT2D eigenvalue weighted by molar-refractivity contribution is 7.99. The van der Waals surface area contributed by atoms with Gasteiger partial charge in [0.2, 0.25) is 5.16 Å². The molecule has 6 heteroatoms. The average Bonchev–Trinajstić information content (AvgIpc) is 2.67. The maximum absolute atomic E-state index is 8.96. The summed E-state index contributed by atoms with van der Waals surface area (Å²) in [6, 6.07) is 7.25. The van der Waals surface area contributed by atoms with Gasteiger partial charge in [-0.25, -0.2) is 4.98 Å². The molecule has 0 aliphatic heterocycles. The lowest BCUT2D eigenvalue weighted by atomic mass is 10.2. The molecular weight excluding hydrogens is 244 g/mol. The Labute approximate surface area is 102 Å². The quantitative estimate of drug-likeness (QED) is 0.890. The van der Waals surface area contributed by atoms with Crippen molar-refractivity contribution in [2.24, 2.45) is 0 Å². The fourth-order valence-corrected chi connectivity index (χ4v) is 2.14. The van der Waals surface area contributed by atoms with Crippen LogP contribution < -0.4 is 0 Å². The molecule has 0 aliphatic carbocycles. The largest absolute Gasteiger partial charge is 0.262 e. The van der Waals surface area contributed by atoms with Gasteiger partial charge in [0.1, 0.15) is 11.9 Å².